The summed E-state index contributed by atoms with van der Waals surface area (Å²) < 4.78 is 2.12. The molecule has 0 unspecified atom stereocenters. The van der Waals surface area contributed by atoms with Gasteiger partial charge in [-0.3, -0.25) is 5.41 Å². The molecule has 3 rings (SSSR count). The minimum atomic E-state index is 0.0884. The van der Waals surface area contributed by atoms with Gasteiger partial charge in [0.2, 0.25) is 0 Å². The summed E-state index contributed by atoms with van der Waals surface area (Å²) in [6.07, 6.45) is 3.80. The number of nitrogen functional groups attached to an aromatic ring is 1. The predicted molar refractivity (Wildman–Crippen MR) is 103 cm³/mol. The zero-order valence-electron chi connectivity index (χ0n) is 15.0. The zero-order valence-corrected chi connectivity index (χ0v) is 15.0. The van der Waals surface area contributed by atoms with Crippen LogP contribution in [-0.2, 0) is 12.0 Å². The smallest absolute Gasteiger partial charge is 0.140 e. The highest BCUT2D eigenvalue weighted by atomic mass is 15.1. The van der Waals surface area contributed by atoms with Gasteiger partial charge in [-0.15, -0.1) is 0 Å². The molecule has 1 aromatic heterocycles. The van der Waals surface area contributed by atoms with Crippen molar-refractivity contribution in [1.29, 1.82) is 5.41 Å². The molecule has 2 aromatic carbocycles. The van der Waals surface area contributed by atoms with Crippen LogP contribution < -0.4 is 5.73 Å². The Hall–Kier alpha value is -2.88. The lowest BCUT2D eigenvalue weighted by atomic mass is 9.87. The standard InChI is InChI=1S/C21H24N4/c1-21(2,3)18-9-7-16(8-10-18)20-24-11-12-25(20)14-15-5-4-6-17(13-15)19(22)23/h4-13H,14H2,1-3H3,(H3,22,23). The van der Waals surface area contributed by atoms with Gasteiger partial charge in [0.25, 0.3) is 0 Å². The number of nitrogens with one attached hydrogen (secondary N) is 1. The summed E-state index contributed by atoms with van der Waals surface area (Å²) in [5.74, 6) is 1.03. The number of rotatable bonds is 4. The van der Waals surface area contributed by atoms with Crippen molar-refractivity contribution >= 4 is 5.84 Å². The highest BCUT2D eigenvalue weighted by Crippen LogP contribution is 2.25. The van der Waals surface area contributed by atoms with E-state index in [1.807, 2.05) is 36.7 Å². The molecular formula is C21H24N4. The molecule has 0 fully saturated rings. The van der Waals surface area contributed by atoms with Gasteiger partial charge in [0.1, 0.15) is 11.7 Å². The molecule has 25 heavy (non-hydrogen) atoms. The van der Waals surface area contributed by atoms with Gasteiger partial charge in [-0.2, -0.15) is 0 Å². The number of hydrogen-bond donors (Lipinski definition) is 2. The Kier molecular flexibility index (Phi) is 4.45. The molecule has 0 aliphatic rings. The molecule has 1 heterocycles. The first kappa shape index (κ1) is 17.0. The van der Waals surface area contributed by atoms with Crippen molar-refractivity contribution in [3.05, 3.63) is 77.6 Å². The fourth-order valence-corrected chi connectivity index (χ4v) is 2.85. The topological polar surface area (TPSA) is 67.7 Å². The second-order valence-electron chi connectivity index (χ2n) is 7.32. The van der Waals surface area contributed by atoms with Crippen LogP contribution in [0.3, 0.4) is 0 Å². The zero-order chi connectivity index (χ0) is 18.0. The van der Waals surface area contributed by atoms with E-state index in [9.17, 15) is 0 Å². The number of benzene rings is 2. The van der Waals surface area contributed by atoms with Crippen molar-refractivity contribution in [2.75, 3.05) is 0 Å². The second kappa shape index (κ2) is 6.55. The third-order valence-corrected chi connectivity index (χ3v) is 4.32. The molecule has 0 aliphatic carbocycles. The number of nitrogens with zero attached hydrogens (tertiary/aromatic N) is 2. The maximum Gasteiger partial charge on any atom is 0.140 e. The van der Waals surface area contributed by atoms with Crippen LogP contribution in [0.1, 0.15) is 37.5 Å². The van der Waals surface area contributed by atoms with E-state index in [1.165, 1.54) is 5.56 Å². The van der Waals surface area contributed by atoms with Crippen LogP contribution in [0, 0.1) is 5.41 Å². The summed E-state index contributed by atoms with van der Waals surface area (Å²) in [6.45, 7) is 7.33. The van der Waals surface area contributed by atoms with Crippen molar-refractivity contribution in [2.24, 2.45) is 5.73 Å². The van der Waals surface area contributed by atoms with Gasteiger partial charge in [0.05, 0.1) is 0 Å². The van der Waals surface area contributed by atoms with Crippen molar-refractivity contribution in [2.45, 2.75) is 32.7 Å². The summed E-state index contributed by atoms with van der Waals surface area (Å²) >= 11 is 0. The fraction of sp³-hybridized carbons (Fsp3) is 0.238. The van der Waals surface area contributed by atoms with Crippen molar-refractivity contribution in [3.8, 4) is 11.4 Å². The SMILES string of the molecule is CC(C)(C)c1ccc(-c2nccn2Cc2cccc(C(=N)N)c2)cc1. The van der Waals surface area contributed by atoms with Crippen molar-refractivity contribution < 1.29 is 0 Å². The van der Waals surface area contributed by atoms with Crippen LogP contribution in [0.4, 0.5) is 0 Å². The van der Waals surface area contributed by atoms with Crippen LogP contribution >= 0.6 is 0 Å². The first-order valence-corrected chi connectivity index (χ1v) is 8.40. The van der Waals surface area contributed by atoms with Gasteiger partial charge in [0, 0.05) is 30.1 Å². The summed E-state index contributed by atoms with van der Waals surface area (Å²) in [4.78, 5) is 4.53. The van der Waals surface area contributed by atoms with Crippen LogP contribution in [0.2, 0.25) is 0 Å². The predicted octanol–water partition coefficient (Wildman–Crippen LogP) is 4.18. The first-order chi connectivity index (χ1) is 11.8. The Labute approximate surface area is 148 Å². The molecule has 0 bridgehead atoms. The molecule has 0 amide bonds. The molecule has 0 spiro atoms. The average molecular weight is 332 g/mol. The Balaban J connectivity index is 1.88. The summed E-state index contributed by atoms with van der Waals surface area (Å²) in [6, 6.07) is 16.4. The number of imidazole rings is 1. The summed E-state index contributed by atoms with van der Waals surface area (Å²) in [7, 11) is 0. The molecule has 4 heteroatoms. The summed E-state index contributed by atoms with van der Waals surface area (Å²) in [5.41, 5.74) is 9.98. The maximum absolute atomic E-state index is 7.59. The van der Waals surface area contributed by atoms with E-state index in [1.54, 1.807) is 0 Å². The maximum atomic E-state index is 7.59. The Morgan fingerprint density at radius 2 is 1.84 bits per heavy atom. The minimum absolute atomic E-state index is 0.0884. The molecular weight excluding hydrogens is 308 g/mol. The molecule has 0 radical (unpaired) electrons. The molecule has 4 nitrogen and oxygen atoms in total. The molecule has 0 atom stereocenters. The van der Waals surface area contributed by atoms with Gasteiger partial charge in [-0.25, -0.2) is 4.98 Å². The quantitative estimate of drug-likeness (QED) is 0.556. The fourth-order valence-electron chi connectivity index (χ4n) is 2.85. The van der Waals surface area contributed by atoms with Crippen LogP contribution in [-0.4, -0.2) is 15.4 Å². The van der Waals surface area contributed by atoms with E-state index in [0.717, 1.165) is 22.5 Å². The number of amidine groups is 1. The van der Waals surface area contributed by atoms with Crippen molar-refractivity contribution in [3.63, 3.8) is 0 Å². The lowest BCUT2D eigenvalue weighted by Gasteiger charge is -2.19. The van der Waals surface area contributed by atoms with Gasteiger partial charge in [0.15, 0.2) is 0 Å². The summed E-state index contributed by atoms with van der Waals surface area (Å²) in [5, 5.41) is 7.59. The number of nitrogens with two attached hydrogens (primary N) is 1. The Morgan fingerprint density at radius 1 is 1.12 bits per heavy atom. The minimum Gasteiger partial charge on any atom is -0.384 e. The molecule has 128 valence electrons. The molecule has 3 N–H and O–H groups in total. The van der Waals surface area contributed by atoms with E-state index in [2.05, 4.69) is 54.6 Å². The third kappa shape index (κ3) is 3.79. The van der Waals surface area contributed by atoms with E-state index in [-0.39, 0.29) is 11.3 Å². The van der Waals surface area contributed by atoms with E-state index >= 15 is 0 Å². The van der Waals surface area contributed by atoms with Crippen molar-refractivity contribution in [1.82, 2.24) is 9.55 Å². The Bertz CT molecular complexity index is 883. The van der Waals surface area contributed by atoms with Crippen LogP contribution in [0.15, 0.2) is 60.9 Å². The lowest BCUT2D eigenvalue weighted by Crippen LogP contribution is -2.12. The van der Waals surface area contributed by atoms with Crippen LogP contribution in [0.25, 0.3) is 11.4 Å². The highest BCUT2D eigenvalue weighted by Gasteiger charge is 2.14. The van der Waals surface area contributed by atoms with E-state index in [4.69, 9.17) is 11.1 Å². The normalized spacial score (nSPS) is 11.5. The first-order valence-electron chi connectivity index (χ1n) is 8.40. The van der Waals surface area contributed by atoms with E-state index < -0.39 is 0 Å². The molecule has 3 aromatic rings. The van der Waals surface area contributed by atoms with Gasteiger partial charge >= 0.3 is 0 Å². The molecule has 0 aliphatic heterocycles. The van der Waals surface area contributed by atoms with Gasteiger partial charge in [-0.1, -0.05) is 63.2 Å². The molecule has 0 saturated carbocycles. The number of aromatic nitrogens is 2. The van der Waals surface area contributed by atoms with Gasteiger partial charge < -0.3 is 10.3 Å². The van der Waals surface area contributed by atoms with Gasteiger partial charge in [-0.05, 0) is 22.6 Å². The number of hydrogen-bond acceptors (Lipinski definition) is 2. The Morgan fingerprint density at radius 3 is 2.48 bits per heavy atom. The van der Waals surface area contributed by atoms with Crippen LogP contribution in [0.5, 0.6) is 0 Å². The molecule has 0 saturated heterocycles. The van der Waals surface area contributed by atoms with E-state index in [0.29, 0.717) is 6.54 Å². The lowest BCUT2D eigenvalue weighted by molar-refractivity contribution is 0.590. The largest absolute Gasteiger partial charge is 0.384 e. The highest BCUT2D eigenvalue weighted by molar-refractivity contribution is 5.95. The third-order valence-electron chi connectivity index (χ3n) is 4.32. The monoisotopic (exact) mass is 332 g/mol. The average Bonchev–Trinajstić information content (AvgIpc) is 3.02. The second-order valence-corrected chi connectivity index (χ2v) is 7.32.